The maximum atomic E-state index is 12.6. The summed E-state index contributed by atoms with van der Waals surface area (Å²) >= 11 is 11.9. The Morgan fingerprint density at radius 1 is 1.25 bits per heavy atom. The van der Waals surface area contributed by atoms with Crippen molar-refractivity contribution >= 4 is 50.5 Å². The molecule has 0 saturated carbocycles. The highest BCUT2D eigenvalue weighted by Crippen LogP contribution is 2.25. The summed E-state index contributed by atoms with van der Waals surface area (Å²) in [6.07, 6.45) is 0.922. The number of nitrogens with zero attached hydrogens (tertiary/aromatic N) is 2. The van der Waals surface area contributed by atoms with Gasteiger partial charge < -0.3 is 5.32 Å². The van der Waals surface area contributed by atoms with E-state index >= 15 is 0 Å². The van der Waals surface area contributed by atoms with Gasteiger partial charge in [0.15, 0.2) is 0 Å². The first-order valence-corrected chi connectivity index (χ1v) is 10.6. The first-order valence-electron chi connectivity index (χ1n) is 7.96. The van der Waals surface area contributed by atoms with Gasteiger partial charge in [0.1, 0.15) is 6.04 Å². The highest BCUT2D eigenvalue weighted by atomic mass is 35.5. The van der Waals surface area contributed by atoms with Gasteiger partial charge in [-0.1, -0.05) is 35.3 Å². The van der Waals surface area contributed by atoms with Crippen molar-refractivity contribution in [3.8, 4) is 0 Å². The maximum absolute atomic E-state index is 12.6. The number of hydrogen-bond donors (Lipinski definition) is 1. The average Bonchev–Trinajstić information content (AvgIpc) is 2.59. The van der Waals surface area contributed by atoms with Gasteiger partial charge in [0, 0.05) is 28.7 Å². The third-order valence-corrected chi connectivity index (χ3v) is 5.68. The lowest BCUT2D eigenvalue weighted by atomic mass is 10.2. The van der Waals surface area contributed by atoms with Gasteiger partial charge in [0.05, 0.1) is 16.9 Å². The minimum atomic E-state index is -3.90. The predicted octanol–water partition coefficient (Wildman–Crippen LogP) is 3.37. The van der Waals surface area contributed by atoms with E-state index in [-0.39, 0.29) is 17.9 Å². The fourth-order valence-electron chi connectivity index (χ4n) is 2.55. The quantitative estimate of drug-likeness (QED) is 0.518. The molecule has 150 valence electrons. The largest absolute Gasteiger partial charge is 0.350 e. The summed E-state index contributed by atoms with van der Waals surface area (Å²) in [5, 5.41) is 14.4. The van der Waals surface area contributed by atoms with Crippen molar-refractivity contribution in [1.82, 2.24) is 5.32 Å². The molecule has 0 bridgehead atoms. The molecule has 28 heavy (non-hydrogen) atoms. The molecule has 8 nitrogen and oxygen atoms in total. The van der Waals surface area contributed by atoms with Crippen molar-refractivity contribution in [2.45, 2.75) is 19.5 Å². The summed E-state index contributed by atoms with van der Waals surface area (Å²) in [6.45, 7) is 1.45. The van der Waals surface area contributed by atoms with E-state index in [1.54, 1.807) is 12.1 Å². The first-order chi connectivity index (χ1) is 13.0. The lowest BCUT2D eigenvalue weighted by molar-refractivity contribution is -0.384. The Hall–Kier alpha value is -2.36. The maximum Gasteiger partial charge on any atom is 0.271 e. The third kappa shape index (κ3) is 5.34. The highest BCUT2D eigenvalue weighted by molar-refractivity contribution is 7.92. The molecule has 1 amide bonds. The van der Waals surface area contributed by atoms with Crippen molar-refractivity contribution in [2.75, 3.05) is 10.6 Å². The minimum absolute atomic E-state index is 0.0175. The summed E-state index contributed by atoms with van der Waals surface area (Å²) in [4.78, 5) is 22.9. The highest BCUT2D eigenvalue weighted by Gasteiger charge is 2.30. The second kappa shape index (κ2) is 8.76. The zero-order valence-electron chi connectivity index (χ0n) is 14.9. The molecule has 2 rings (SSSR count). The summed E-state index contributed by atoms with van der Waals surface area (Å²) in [5.41, 5.74) is 0.337. The smallest absolute Gasteiger partial charge is 0.271 e. The number of nitro groups is 1. The van der Waals surface area contributed by atoms with Crippen molar-refractivity contribution in [1.29, 1.82) is 0 Å². The normalized spacial score (nSPS) is 12.3. The topological polar surface area (TPSA) is 110 Å². The van der Waals surface area contributed by atoms with E-state index in [1.165, 1.54) is 31.2 Å². The summed E-state index contributed by atoms with van der Waals surface area (Å²) in [7, 11) is -3.90. The Bertz CT molecular complexity index is 1010. The van der Waals surface area contributed by atoms with Crippen LogP contribution in [0.2, 0.25) is 10.0 Å². The first kappa shape index (κ1) is 21.9. The van der Waals surface area contributed by atoms with Crippen molar-refractivity contribution in [2.24, 2.45) is 0 Å². The van der Waals surface area contributed by atoms with Gasteiger partial charge in [-0.05, 0) is 30.7 Å². The van der Waals surface area contributed by atoms with E-state index in [0.717, 1.165) is 16.6 Å². The monoisotopic (exact) mass is 445 g/mol. The molecule has 0 saturated heterocycles. The second-order valence-corrected chi connectivity index (χ2v) is 8.67. The zero-order valence-corrected chi connectivity index (χ0v) is 17.3. The zero-order chi connectivity index (χ0) is 21.1. The molecule has 0 aliphatic heterocycles. The molecule has 2 aromatic carbocycles. The van der Waals surface area contributed by atoms with Crippen LogP contribution in [-0.2, 0) is 21.4 Å². The van der Waals surface area contributed by atoms with Crippen LogP contribution in [0.1, 0.15) is 12.5 Å². The van der Waals surface area contributed by atoms with Gasteiger partial charge in [-0.2, -0.15) is 0 Å². The number of sulfonamides is 1. The number of nitro benzene ring substituents is 1. The number of anilines is 1. The van der Waals surface area contributed by atoms with Gasteiger partial charge in [-0.15, -0.1) is 0 Å². The Labute approximate surface area is 172 Å². The fourth-order valence-corrected chi connectivity index (χ4v) is 4.19. The molecule has 0 aliphatic carbocycles. The van der Waals surface area contributed by atoms with Crippen LogP contribution in [0.15, 0.2) is 42.5 Å². The number of amides is 1. The predicted molar refractivity (Wildman–Crippen MR) is 108 cm³/mol. The number of rotatable bonds is 7. The van der Waals surface area contributed by atoms with Gasteiger partial charge in [0.2, 0.25) is 15.9 Å². The van der Waals surface area contributed by atoms with Crippen molar-refractivity contribution < 1.29 is 18.1 Å². The molecule has 0 aromatic heterocycles. The molecule has 1 N–H and O–H groups in total. The summed E-state index contributed by atoms with van der Waals surface area (Å²) < 4.78 is 25.4. The van der Waals surface area contributed by atoms with Crippen molar-refractivity contribution in [3.63, 3.8) is 0 Å². The Kier molecular flexibility index (Phi) is 6.87. The van der Waals surface area contributed by atoms with E-state index in [0.29, 0.717) is 15.6 Å². The molecule has 0 fully saturated rings. The number of non-ortho nitro benzene ring substituents is 1. The molecule has 1 atom stereocenters. The molecule has 0 heterocycles. The molecule has 0 aliphatic rings. The number of carbonyl (C=O) groups is 1. The number of halogens is 2. The number of benzene rings is 2. The average molecular weight is 446 g/mol. The van der Waals surface area contributed by atoms with Crippen LogP contribution in [0.3, 0.4) is 0 Å². The van der Waals surface area contributed by atoms with Crippen molar-refractivity contribution in [3.05, 3.63) is 68.2 Å². The van der Waals surface area contributed by atoms with E-state index in [4.69, 9.17) is 23.2 Å². The van der Waals surface area contributed by atoms with Crippen LogP contribution in [0.4, 0.5) is 11.4 Å². The number of carbonyl (C=O) groups excluding carboxylic acids is 1. The number of hydrogen-bond acceptors (Lipinski definition) is 5. The lowest BCUT2D eigenvalue weighted by Gasteiger charge is -2.28. The SMILES string of the molecule is C[C@@H](C(=O)NCc1ccc(Cl)cc1Cl)N(c1cccc([N+](=O)[O-])c1)S(C)(=O)=O. The lowest BCUT2D eigenvalue weighted by Crippen LogP contribution is -2.47. The van der Waals surface area contributed by atoms with Gasteiger partial charge in [-0.25, -0.2) is 8.42 Å². The molecular formula is C17H17Cl2N3O5S. The Balaban J connectivity index is 2.25. The molecule has 0 unspecified atom stereocenters. The van der Waals surface area contributed by atoms with Crippen LogP contribution < -0.4 is 9.62 Å². The van der Waals surface area contributed by atoms with Crippen LogP contribution in [0.5, 0.6) is 0 Å². The fraction of sp³-hybridized carbons (Fsp3) is 0.235. The van der Waals surface area contributed by atoms with E-state index in [1.807, 2.05) is 0 Å². The molecule has 0 radical (unpaired) electrons. The summed E-state index contributed by atoms with van der Waals surface area (Å²) in [5.74, 6) is -0.594. The minimum Gasteiger partial charge on any atom is -0.350 e. The van der Waals surface area contributed by atoms with E-state index in [9.17, 15) is 23.3 Å². The standard InChI is InChI=1S/C17H17Cl2N3O5S/c1-11(17(23)20-10-12-6-7-13(18)8-16(12)19)21(28(2,26)27)14-4-3-5-15(9-14)22(24)25/h3-9,11H,10H2,1-2H3,(H,20,23)/t11-/m0/s1. The Morgan fingerprint density at radius 2 is 1.93 bits per heavy atom. The molecular weight excluding hydrogens is 429 g/mol. The summed E-state index contributed by atoms with van der Waals surface area (Å²) in [6, 6.07) is 8.70. The van der Waals surface area contributed by atoms with Crippen LogP contribution in [-0.4, -0.2) is 31.5 Å². The van der Waals surface area contributed by atoms with Crippen LogP contribution >= 0.6 is 23.2 Å². The molecule has 2 aromatic rings. The number of nitrogens with one attached hydrogen (secondary N) is 1. The van der Waals surface area contributed by atoms with Crippen LogP contribution in [0.25, 0.3) is 0 Å². The molecule has 11 heteroatoms. The van der Waals surface area contributed by atoms with Gasteiger partial charge in [-0.3, -0.25) is 19.2 Å². The van der Waals surface area contributed by atoms with E-state index in [2.05, 4.69) is 5.32 Å². The van der Waals surface area contributed by atoms with Gasteiger partial charge in [0.25, 0.3) is 5.69 Å². The van der Waals surface area contributed by atoms with Gasteiger partial charge >= 0.3 is 0 Å². The molecule has 0 spiro atoms. The van der Waals surface area contributed by atoms with E-state index < -0.39 is 26.9 Å². The Morgan fingerprint density at radius 3 is 2.50 bits per heavy atom. The second-order valence-electron chi connectivity index (χ2n) is 5.97. The van der Waals surface area contributed by atoms with Crippen LogP contribution in [0, 0.1) is 10.1 Å². The third-order valence-electron chi connectivity index (χ3n) is 3.85.